The third kappa shape index (κ3) is 5.20. The van der Waals surface area contributed by atoms with Crippen molar-refractivity contribution in [3.05, 3.63) is 59.0 Å². The first-order chi connectivity index (χ1) is 16.2. The molecular formula is C25H27N5O2S. The van der Waals surface area contributed by atoms with E-state index in [0.29, 0.717) is 5.82 Å². The lowest BCUT2D eigenvalue weighted by Crippen LogP contribution is -2.43. The molecule has 170 valence electrons. The summed E-state index contributed by atoms with van der Waals surface area (Å²) in [5.41, 5.74) is 4.83. The second-order valence-corrected chi connectivity index (χ2v) is 9.27. The van der Waals surface area contributed by atoms with E-state index in [4.69, 9.17) is 14.5 Å². The van der Waals surface area contributed by atoms with Crippen molar-refractivity contribution in [3.63, 3.8) is 0 Å². The molecule has 0 bridgehead atoms. The zero-order valence-electron chi connectivity index (χ0n) is 18.9. The van der Waals surface area contributed by atoms with Crippen molar-refractivity contribution < 1.29 is 9.47 Å². The quantitative estimate of drug-likeness (QED) is 0.383. The van der Waals surface area contributed by atoms with Crippen LogP contribution >= 0.6 is 11.3 Å². The average molecular weight is 462 g/mol. The van der Waals surface area contributed by atoms with E-state index >= 15 is 0 Å². The standard InChI is InChI=1S/C25H27N5O2S/c1-29-7-9-30(10-8-29)15-22-11-20(16-33-22)19-12-23-24(26-13-19)14-27-25(28-23)18-3-5-21(6-4-18)32-17-31-2/h3-6,11-14,16H,7-10,15,17H2,1-2H3. The second-order valence-electron chi connectivity index (χ2n) is 8.28. The van der Waals surface area contributed by atoms with Crippen molar-refractivity contribution in [2.24, 2.45) is 0 Å². The van der Waals surface area contributed by atoms with Crippen molar-refractivity contribution in [1.82, 2.24) is 24.8 Å². The van der Waals surface area contributed by atoms with Gasteiger partial charge in [0.1, 0.15) is 11.3 Å². The number of thiophene rings is 1. The maximum absolute atomic E-state index is 5.46. The van der Waals surface area contributed by atoms with Crippen molar-refractivity contribution in [3.8, 4) is 28.3 Å². The Morgan fingerprint density at radius 2 is 1.73 bits per heavy atom. The molecule has 0 spiro atoms. The predicted octanol–water partition coefficient (Wildman–Crippen LogP) is 4.15. The molecule has 5 rings (SSSR count). The van der Waals surface area contributed by atoms with Crippen LogP contribution in [-0.4, -0.2) is 71.9 Å². The molecule has 4 heterocycles. The van der Waals surface area contributed by atoms with Crippen LogP contribution in [0.1, 0.15) is 4.88 Å². The van der Waals surface area contributed by atoms with Gasteiger partial charge in [0.15, 0.2) is 12.6 Å². The Balaban J connectivity index is 1.34. The summed E-state index contributed by atoms with van der Waals surface area (Å²) >= 11 is 1.81. The highest BCUT2D eigenvalue weighted by Crippen LogP contribution is 2.29. The van der Waals surface area contributed by atoms with E-state index < -0.39 is 0 Å². The number of aromatic nitrogens is 3. The van der Waals surface area contributed by atoms with Gasteiger partial charge in [-0.1, -0.05) is 0 Å². The molecule has 7 nitrogen and oxygen atoms in total. The molecule has 0 unspecified atom stereocenters. The Labute approximate surface area is 197 Å². The number of hydrogen-bond acceptors (Lipinski definition) is 8. The molecule has 1 aliphatic rings. The second kappa shape index (κ2) is 9.93. The van der Waals surface area contributed by atoms with Crippen LogP contribution in [0.5, 0.6) is 5.75 Å². The monoisotopic (exact) mass is 461 g/mol. The summed E-state index contributed by atoms with van der Waals surface area (Å²) in [6.45, 7) is 5.76. The normalized spacial score (nSPS) is 15.2. The Morgan fingerprint density at radius 1 is 0.909 bits per heavy atom. The molecule has 0 radical (unpaired) electrons. The molecule has 1 fully saturated rings. The number of hydrogen-bond donors (Lipinski definition) is 0. The summed E-state index contributed by atoms with van der Waals surface area (Å²) in [7, 11) is 3.79. The summed E-state index contributed by atoms with van der Waals surface area (Å²) in [6, 6.07) is 12.1. The minimum atomic E-state index is 0.222. The summed E-state index contributed by atoms with van der Waals surface area (Å²) < 4.78 is 10.4. The van der Waals surface area contributed by atoms with Gasteiger partial charge >= 0.3 is 0 Å². The zero-order valence-corrected chi connectivity index (χ0v) is 19.7. The van der Waals surface area contributed by atoms with E-state index in [1.807, 2.05) is 41.8 Å². The molecule has 33 heavy (non-hydrogen) atoms. The fraction of sp³-hybridized carbons (Fsp3) is 0.320. The van der Waals surface area contributed by atoms with Gasteiger partial charge in [-0.25, -0.2) is 9.97 Å². The van der Waals surface area contributed by atoms with Gasteiger partial charge in [0.25, 0.3) is 0 Å². The highest BCUT2D eigenvalue weighted by atomic mass is 32.1. The van der Waals surface area contributed by atoms with Crippen LogP contribution in [-0.2, 0) is 11.3 Å². The lowest BCUT2D eigenvalue weighted by Gasteiger charge is -2.31. The lowest BCUT2D eigenvalue weighted by atomic mass is 10.1. The fourth-order valence-electron chi connectivity index (χ4n) is 3.88. The summed E-state index contributed by atoms with van der Waals surface area (Å²) in [6.07, 6.45) is 3.69. The smallest absolute Gasteiger partial charge is 0.188 e. The molecule has 0 aliphatic carbocycles. The number of ether oxygens (including phenoxy) is 2. The summed E-state index contributed by atoms with van der Waals surface area (Å²) in [5.74, 6) is 1.41. The van der Waals surface area contributed by atoms with Gasteiger partial charge in [0, 0.05) is 62.0 Å². The van der Waals surface area contributed by atoms with Crippen LogP contribution in [0, 0.1) is 0 Å². The Bertz CT molecular complexity index is 1220. The molecule has 0 saturated carbocycles. The van der Waals surface area contributed by atoms with Crippen LogP contribution in [0.25, 0.3) is 33.5 Å². The van der Waals surface area contributed by atoms with E-state index in [1.54, 1.807) is 13.3 Å². The predicted molar refractivity (Wildman–Crippen MR) is 131 cm³/mol. The number of nitrogens with zero attached hydrogens (tertiary/aromatic N) is 5. The van der Waals surface area contributed by atoms with E-state index in [1.165, 1.54) is 10.4 Å². The fourth-order valence-corrected chi connectivity index (χ4v) is 4.82. The maximum Gasteiger partial charge on any atom is 0.188 e. The van der Waals surface area contributed by atoms with Crippen molar-refractivity contribution >= 4 is 22.4 Å². The third-order valence-corrected chi connectivity index (χ3v) is 6.77. The highest BCUT2D eigenvalue weighted by Gasteiger charge is 2.15. The van der Waals surface area contributed by atoms with Gasteiger partial charge in [-0.2, -0.15) is 0 Å². The third-order valence-electron chi connectivity index (χ3n) is 5.85. The van der Waals surface area contributed by atoms with E-state index in [2.05, 4.69) is 44.3 Å². The highest BCUT2D eigenvalue weighted by molar-refractivity contribution is 7.10. The van der Waals surface area contributed by atoms with Crippen molar-refractivity contribution in [2.75, 3.05) is 47.1 Å². The number of methoxy groups -OCH3 is 1. The molecule has 0 N–H and O–H groups in total. The largest absolute Gasteiger partial charge is 0.468 e. The molecule has 0 atom stereocenters. The van der Waals surface area contributed by atoms with Crippen molar-refractivity contribution in [2.45, 2.75) is 6.54 Å². The van der Waals surface area contributed by atoms with Gasteiger partial charge in [-0.3, -0.25) is 9.88 Å². The van der Waals surface area contributed by atoms with Gasteiger partial charge < -0.3 is 14.4 Å². The number of pyridine rings is 1. The average Bonchev–Trinajstić information content (AvgIpc) is 3.32. The van der Waals surface area contributed by atoms with Gasteiger partial charge in [0.05, 0.1) is 11.7 Å². The molecule has 8 heteroatoms. The number of benzene rings is 1. The Morgan fingerprint density at radius 3 is 2.52 bits per heavy atom. The Kier molecular flexibility index (Phi) is 6.59. The van der Waals surface area contributed by atoms with Crippen LogP contribution in [0.15, 0.2) is 54.2 Å². The van der Waals surface area contributed by atoms with E-state index in [-0.39, 0.29) is 6.79 Å². The van der Waals surface area contributed by atoms with Crippen LogP contribution in [0.2, 0.25) is 0 Å². The van der Waals surface area contributed by atoms with E-state index in [9.17, 15) is 0 Å². The zero-order chi connectivity index (χ0) is 22.6. The van der Waals surface area contributed by atoms with Gasteiger partial charge in [-0.15, -0.1) is 11.3 Å². The van der Waals surface area contributed by atoms with Crippen molar-refractivity contribution in [1.29, 1.82) is 0 Å². The maximum atomic E-state index is 5.46. The minimum absolute atomic E-state index is 0.222. The molecule has 4 aromatic rings. The molecule has 1 aliphatic heterocycles. The SMILES string of the molecule is COCOc1ccc(-c2ncc3ncc(-c4csc(CN5CCN(C)CC5)c4)cc3n2)cc1. The molecule has 3 aromatic heterocycles. The molecule has 0 amide bonds. The van der Waals surface area contributed by atoms with Crippen LogP contribution in [0.3, 0.4) is 0 Å². The molecule has 1 aromatic carbocycles. The molecular weight excluding hydrogens is 434 g/mol. The van der Waals surface area contributed by atoms with E-state index in [0.717, 1.165) is 60.6 Å². The van der Waals surface area contributed by atoms with Gasteiger partial charge in [0.2, 0.25) is 0 Å². The molecule has 1 saturated heterocycles. The Hall–Kier alpha value is -2.91. The number of rotatable bonds is 7. The number of fused-ring (bicyclic) bond motifs is 1. The summed E-state index contributed by atoms with van der Waals surface area (Å²) in [4.78, 5) is 20.2. The van der Waals surface area contributed by atoms with Crippen LogP contribution in [0.4, 0.5) is 0 Å². The first-order valence-electron chi connectivity index (χ1n) is 11.0. The lowest BCUT2D eigenvalue weighted by molar-refractivity contribution is 0.0511. The topological polar surface area (TPSA) is 63.6 Å². The van der Waals surface area contributed by atoms with Crippen LogP contribution < -0.4 is 4.74 Å². The first kappa shape index (κ1) is 21.9. The number of piperazine rings is 1. The number of likely N-dealkylation sites (N-methyl/N-ethyl adjacent to an activating group) is 1. The minimum Gasteiger partial charge on any atom is -0.468 e. The first-order valence-corrected chi connectivity index (χ1v) is 11.9. The van der Waals surface area contributed by atoms with Gasteiger partial charge in [-0.05, 0) is 54.4 Å². The summed E-state index contributed by atoms with van der Waals surface area (Å²) in [5, 5.41) is 2.22.